The third-order valence-electron chi connectivity index (χ3n) is 3.67. The predicted molar refractivity (Wildman–Crippen MR) is 95.5 cm³/mol. The molecule has 0 fully saturated rings. The van der Waals surface area contributed by atoms with Crippen LogP contribution in [-0.2, 0) is 0 Å². The Morgan fingerprint density at radius 2 is 1.76 bits per heavy atom. The van der Waals surface area contributed by atoms with E-state index in [0.29, 0.717) is 17.1 Å². The molecule has 0 saturated carbocycles. The second kappa shape index (κ2) is 7.00. The molecular weight excluding hydrogens is 318 g/mol. The lowest BCUT2D eigenvalue weighted by atomic mass is 10.2. The van der Waals surface area contributed by atoms with Crippen molar-refractivity contribution in [2.45, 2.75) is 6.92 Å². The number of rotatable bonds is 4. The summed E-state index contributed by atoms with van der Waals surface area (Å²) in [7, 11) is 1.57. The van der Waals surface area contributed by atoms with Crippen LogP contribution in [0.2, 0.25) is 0 Å². The summed E-state index contributed by atoms with van der Waals surface area (Å²) < 4.78 is 6.65. The van der Waals surface area contributed by atoms with Crippen LogP contribution in [0.3, 0.4) is 0 Å². The minimum Gasteiger partial charge on any atom is -0.497 e. The van der Waals surface area contributed by atoms with Crippen molar-refractivity contribution in [1.29, 1.82) is 0 Å². The van der Waals surface area contributed by atoms with Crippen LogP contribution in [0.15, 0.2) is 65.5 Å². The quantitative estimate of drug-likeness (QED) is 0.796. The number of nitrogens with one attached hydrogen (secondary N) is 1. The lowest BCUT2D eigenvalue weighted by Gasteiger charge is -2.11. The molecule has 0 bridgehead atoms. The predicted octanol–water partition coefficient (Wildman–Crippen LogP) is 2.80. The van der Waals surface area contributed by atoms with Crippen LogP contribution in [0.1, 0.15) is 16.2 Å². The molecule has 0 saturated heterocycles. The summed E-state index contributed by atoms with van der Waals surface area (Å²) >= 11 is 0. The van der Waals surface area contributed by atoms with E-state index in [1.807, 2.05) is 30.3 Å². The summed E-state index contributed by atoms with van der Waals surface area (Å²) in [5.74, 6) is 0.123. The first-order chi connectivity index (χ1) is 12.1. The zero-order valence-corrected chi connectivity index (χ0v) is 13.9. The summed E-state index contributed by atoms with van der Waals surface area (Å²) in [4.78, 5) is 24.7. The zero-order valence-electron chi connectivity index (χ0n) is 13.9. The van der Waals surface area contributed by atoms with Gasteiger partial charge in [0, 0.05) is 17.4 Å². The summed E-state index contributed by atoms with van der Waals surface area (Å²) in [6, 6.07) is 17.6. The van der Waals surface area contributed by atoms with Crippen molar-refractivity contribution in [3.05, 3.63) is 82.3 Å². The van der Waals surface area contributed by atoms with Crippen LogP contribution in [-0.4, -0.2) is 22.8 Å². The number of aryl methyl sites for hydroxylation is 1. The molecular formula is C19H17N3O3. The number of nitrogens with zero attached hydrogens (tertiary/aromatic N) is 2. The first-order valence-electron chi connectivity index (χ1n) is 7.70. The fourth-order valence-electron chi connectivity index (χ4n) is 2.40. The number of hydrogen-bond acceptors (Lipinski definition) is 4. The fourth-order valence-corrected chi connectivity index (χ4v) is 2.40. The van der Waals surface area contributed by atoms with Crippen LogP contribution < -0.4 is 15.5 Å². The molecule has 0 aliphatic heterocycles. The van der Waals surface area contributed by atoms with Gasteiger partial charge < -0.3 is 10.1 Å². The Morgan fingerprint density at radius 3 is 2.40 bits per heavy atom. The van der Waals surface area contributed by atoms with Crippen LogP contribution >= 0.6 is 0 Å². The minimum atomic E-state index is -0.556. The van der Waals surface area contributed by atoms with E-state index in [9.17, 15) is 9.59 Å². The van der Waals surface area contributed by atoms with Crippen LogP contribution in [0, 0.1) is 6.92 Å². The summed E-state index contributed by atoms with van der Waals surface area (Å²) in [5, 5.41) is 6.92. The molecule has 0 aliphatic carbocycles. The number of carbonyl (C=O) groups excluding carboxylic acids is 1. The van der Waals surface area contributed by atoms with Gasteiger partial charge in [0.15, 0.2) is 5.69 Å². The van der Waals surface area contributed by atoms with Gasteiger partial charge in [-0.2, -0.15) is 5.10 Å². The fraction of sp³-hybridized carbons (Fsp3) is 0.105. The average molecular weight is 335 g/mol. The van der Waals surface area contributed by atoms with Crippen molar-refractivity contribution in [3.63, 3.8) is 0 Å². The van der Waals surface area contributed by atoms with Crippen molar-refractivity contribution in [1.82, 2.24) is 9.78 Å². The molecule has 0 atom stereocenters. The first kappa shape index (κ1) is 16.4. The monoisotopic (exact) mass is 335 g/mol. The molecule has 0 aliphatic rings. The molecule has 6 nitrogen and oxygen atoms in total. The highest BCUT2D eigenvalue weighted by Crippen LogP contribution is 2.15. The van der Waals surface area contributed by atoms with Gasteiger partial charge in [0.2, 0.25) is 5.43 Å². The van der Waals surface area contributed by atoms with Gasteiger partial charge in [-0.3, -0.25) is 9.59 Å². The summed E-state index contributed by atoms with van der Waals surface area (Å²) in [5.41, 5.74) is 1.40. The molecule has 1 heterocycles. The lowest BCUT2D eigenvalue weighted by Crippen LogP contribution is -2.26. The minimum absolute atomic E-state index is 0.162. The molecule has 25 heavy (non-hydrogen) atoms. The molecule has 1 amide bonds. The lowest BCUT2D eigenvalue weighted by molar-refractivity contribution is 0.101. The number of benzene rings is 2. The van der Waals surface area contributed by atoms with Crippen molar-refractivity contribution in [2.75, 3.05) is 12.4 Å². The first-order valence-corrected chi connectivity index (χ1v) is 7.70. The Bertz CT molecular complexity index is 948. The van der Waals surface area contributed by atoms with E-state index in [0.717, 1.165) is 5.69 Å². The summed E-state index contributed by atoms with van der Waals surface area (Å²) in [6.45, 7) is 1.77. The topological polar surface area (TPSA) is 73.2 Å². The molecule has 0 unspecified atom stereocenters. The van der Waals surface area contributed by atoms with Crippen LogP contribution in [0.4, 0.5) is 5.69 Å². The van der Waals surface area contributed by atoms with E-state index in [1.54, 1.807) is 43.0 Å². The number of hydrogen-bond donors (Lipinski definition) is 1. The van der Waals surface area contributed by atoms with Gasteiger partial charge >= 0.3 is 0 Å². The van der Waals surface area contributed by atoms with E-state index in [4.69, 9.17) is 4.74 Å². The van der Waals surface area contributed by atoms with Gasteiger partial charge in [-0.15, -0.1) is 0 Å². The highest BCUT2D eigenvalue weighted by atomic mass is 16.5. The average Bonchev–Trinajstić information content (AvgIpc) is 2.63. The van der Waals surface area contributed by atoms with Gasteiger partial charge in [0.05, 0.1) is 12.8 Å². The molecule has 3 aromatic rings. The number of ether oxygens (including phenoxy) is 1. The molecule has 1 aromatic heterocycles. The van der Waals surface area contributed by atoms with Crippen molar-refractivity contribution >= 4 is 11.6 Å². The third-order valence-corrected chi connectivity index (χ3v) is 3.67. The Labute approximate surface area is 144 Å². The maximum Gasteiger partial charge on any atom is 0.280 e. The normalized spacial score (nSPS) is 10.3. The highest BCUT2D eigenvalue weighted by Gasteiger charge is 2.15. The smallest absolute Gasteiger partial charge is 0.280 e. The number of para-hydroxylation sites is 1. The maximum absolute atomic E-state index is 12.5. The number of aromatic nitrogens is 2. The van der Waals surface area contributed by atoms with Crippen LogP contribution in [0.25, 0.3) is 5.69 Å². The molecule has 126 valence electrons. The molecule has 6 heteroatoms. The van der Waals surface area contributed by atoms with Gasteiger partial charge in [-0.1, -0.05) is 18.2 Å². The van der Waals surface area contributed by atoms with Crippen molar-refractivity contribution in [2.24, 2.45) is 0 Å². The SMILES string of the molecule is COc1ccc(NC(=O)c2nn(-c3ccccc3)c(C)cc2=O)cc1. The van der Waals surface area contributed by atoms with E-state index < -0.39 is 11.3 Å². The third kappa shape index (κ3) is 3.58. The number of amides is 1. The van der Waals surface area contributed by atoms with Gasteiger partial charge in [0.25, 0.3) is 5.91 Å². The van der Waals surface area contributed by atoms with Gasteiger partial charge in [-0.25, -0.2) is 4.68 Å². The number of methoxy groups -OCH3 is 1. The Balaban J connectivity index is 1.93. The Morgan fingerprint density at radius 1 is 1.08 bits per heavy atom. The largest absolute Gasteiger partial charge is 0.497 e. The standard InChI is InChI=1S/C19H17N3O3/c1-13-12-17(23)18(21-22(13)15-6-4-3-5-7-15)19(24)20-14-8-10-16(25-2)11-9-14/h3-12H,1-2H3,(H,20,24). The van der Waals surface area contributed by atoms with E-state index >= 15 is 0 Å². The number of carbonyl (C=O) groups is 1. The Hall–Kier alpha value is -3.41. The second-order valence-corrected chi connectivity index (χ2v) is 5.43. The number of anilines is 1. The maximum atomic E-state index is 12.5. The highest BCUT2D eigenvalue weighted by molar-refractivity contribution is 6.02. The van der Waals surface area contributed by atoms with E-state index in [1.165, 1.54) is 6.07 Å². The van der Waals surface area contributed by atoms with E-state index in [-0.39, 0.29) is 5.69 Å². The van der Waals surface area contributed by atoms with Crippen LogP contribution in [0.5, 0.6) is 5.75 Å². The molecule has 1 N–H and O–H groups in total. The van der Waals surface area contributed by atoms with Crippen molar-refractivity contribution < 1.29 is 9.53 Å². The molecule has 3 rings (SSSR count). The molecule has 2 aromatic carbocycles. The second-order valence-electron chi connectivity index (χ2n) is 5.43. The van der Waals surface area contributed by atoms with Crippen molar-refractivity contribution in [3.8, 4) is 11.4 Å². The van der Waals surface area contributed by atoms with Gasteiger partial charge in [0.1, 0.15) is 5.75 Å². The molecule has 0 spiro atoms. The van der Waals surface area contributed by atoms with Gasteiger partial charge in [-0.05, 0) is 43.3 Å². The Kier molecular flexibility index (Phi) is 4.61. The van der Waals surface area contributed by atoms with E-state index in [2.05, 4.69) is 10.4 Å². The summed E-state index contributed by atoms with van der Waals surface area (Å²) in [6.07, 6.45) is 0. The molecule has 0 radical (unpaired) electrons. The zero-order chi connectivity index (χ0) is 17.8.